The Hall–Kier alpha value is -4.91. The number of methoxy groups -OCH3 is 1. The minimum absolute atomic E-state index is 0.0573. The molecule has 11 heteroatoms. The molecule has 1 aromatic heterocycles. The van der Waals surface area contributed by atoms with Crippen LogP contribution in [0, 0.1) is 0 Å². The van der Waals surface area contributed by atoms with Crippen molar-refractivity contribution in [1.82, 2.24) is 9.55 Å². The molecular formula is C42H47N3O7Si. The van der Waals surface area contributed by atoms with Crippen molar-refractivity contribution >= 4 is 20.0 Å². The number of carbonyl (C=O) groups excluding carboxylic acids is 1. The van der Waals surface area contributed by atoms with Crippen LogP contribution in [0.2, 0.25) is 18.1 Å². The fourth-order valence-corrected chi connectivity index (χ4v) is 7.60. The van der Waals surface area contributed by atoms with Crippen molar-refractivity contribution in [2.24, 2.45) is 0 Å². The van der Waals surface area contributed by atoms with Gasteiger partial charge in [0, 0.05) is 11.8 Å². The molecule has 1 fully saturated rings. The Morgan fingerprint density at radius 1 is 0.849 bits per heavy atom. The van der Waals surface area contributed by atoms with E-state index < -0.39 is 50.1 Å². The number of nitrogens with one attached hydrogen (secondary N) is 1. The summed E-state index contributed by atoms with van der Waals surface area (Å²) in [6.07, 6.45) is -2.51. The molecule has 4 aromatic carbocycles. The number of aromatic nitrogens is 2. The van der Waals surface area contributed by atoms with Crippen LogP contribution in [0.1, 0.15) is 54.0 Å². The molecule has 0 bridgehead atoms. The number of aliphatic hydroxyl groups excluding tert-OH is 1. The van der Waals surface area contributed by atoms with Gasteiger partial charge < -0.3 is 29.1 Å². The molecule has 0 unspecified atom stereocenters. The summed E-state index contributed by atoms with van der Waals surface area (Å²) < 4.78 is 27.3. The van der Waals surface area contributed by atoms with Crippen molar-refractivity contribution in [3.8, 4) is 5.75 Å². The van der Waals surface area contributed by atoms with Gasteiger partial charge in [0.15, 0.2) is 14.5 Å². The standard InChI is InChI=1S/C42H47N3O7Si/c1-41(2,3)53(5,6)52-37-36(46)34(51-39(37)45-27-26-35(44-40(45)48)43-38(47)29-16-10-7-11-17-29)28-50-42(30-18-12-8-13-19-30,31-20-14-9-15-21-31)32-22-24-33(49-4)25-23-32/h7-27,34,36-37,39,46H,28H2,1-6H3,(H,43,44,47,48)/t34-,36+,37-,39-/m0/s1. The highest BCUT2D eigenvalue weighted by molar-refractivity contribution is 6.74. The Morgan fingerprint density at radius 3 is 1.92 bits per heavy atom. The Balaban J connectivity index is 1.36. The second kappa shape index (κ2) is 15.6. The van der Waals surface area contributed by atoms with Crippen molar-refractivity contribution in [2.45, 2.75) is 69.0 Å². The molecule has 1 amide bonds. The topological polar surface area (TPSA) is 121 Å². The molecule has 53 heavy (non-hydrogen) atoms. The van der Waals surface area contributed by atoms with Gasteiger partial charge in [-0.1, -0.05) is 112 Å². The lowest BCUT2D eigenvalue weighted by atomic mass is 9.80. The SMILES string of the molecule is COc1ccc(C(OC[C@@H]2O[C@H](n3ccc(NC(=O)c4ccccc4)nc3=O)[C@@H](O[Si](C)(C)C(C)(C)C)[C@@H]2O)(c2ccccc2)c2ccccc2)cc1. The van der Waals surface area contributed by atoms with Crippen molar-refractivity contribution in [2.75, 3.05) is 19.0 Å². The highest BCUT2D eigenvalue weighted by Gasteiger charge is 2.51. The molecule has 10 nitrogen and oxygen atoms in total. The minimum Gasteiger partial charge on any atom is -0.497 e. The van der Waals surface area contributed by atoms with Crippen LogP contribution in [0.15, 0.2) is 132 Å². The van der Waals surface area contributed by atoms with Crippen LogP contribution in [0.5, 0.6) is 5.75 Å². The lowest BCUT2D eigenvalue weighted by Crippen LogP contribution is -2.49. The molecule has 2 heterocycles. The highest BCUT2D eigenvalue weighted by atomic mass is 28.4. The third-order valence-electron chi connectivity index (χ3n) is 10.3. The van der Waals surface area contributed by atoms with Crippen LogP contribution in [-0.4, -0.2) is 60.9 Å². The summed E-state index contributed by atoms with van der Waals surface area (Å²) in [6, 6.07) is 37.8. The van der Waals surface area contributed by atoms with E-state index in [0.29, 0.717) is 11.3 Å². The average molecular weight is 734 g/mol. The summed E-state index contributed by atoms with van der Waals surface area (Å²) >= 11 is 0. The van der Waals surface area contributed by atoms with Crippen LogP contribution in [0.25, 0.3) is 0 Å². The lowest BCUT2D eigenvalue weighted by Gasteiger charge is -2.40. The number of nitrogens with zero attached hydrogens (tertiary/aromatic N) is 2. The number of rotatable bonds is 12. The molecule has 0 saturated carbocycles. The molecule has 1 aliphatic rings. The molecule has 276 valence electrons. The largest absolute Gasteiger partial charge is 0.497 e. The number of carbonyl (C=O) groups is 1. The Morgan fingerprint density at radius 2 is 1.40 bits per heavy atom. The number of benzene rings is 4. The van der Waals surface area contributed by atoms with E-state index in [1.54, 1.807) is 31.4 Å². The van der Waals surface area contributed by atoms with E-state index in [1.807, 2.05) is 91.0 Å². The third-order valence-corrected chi connectivity index (χ3v) is 14.7. The fraction of sp³-hybridized carbons (Fsp3) is 0.310. The van der Waals surface area contributed by atoms with Gasteiger partial charge in [-0.05, 0) is 65.2 Å². The maximum absolute atomic E-state index is 13.6. The molecule has 1 aliphatic heterocycles. The highest BCUT2D eigenvalue weighted by Crippen LogP contribution is 2.44. The summed E-state index contributed by atoms with van der Waals surface area (Å²) in [5, 5.41) is 14.5. The quantitative estimate of drug-likeness (QED) is 0.102. The van der Waals surface area contributed by atoms with Crippen molar-refractivity contribution < 1.29 is 28.5 Å². The van der Waals surface area contributed by atoms with E-state index in [0.717, 1.165) is 16.7 Å². The summed E-state index contributed by atoms with van der Waals surface area (Å²) in [7, 11) is -0.891. The first-order valence-corrected chi connectivity index (χ1v) is 20.6. The predicted octanol–water partition coefficient (Wildman–Crippen LogP) is 7.16. The maximum Gasteiger partial charge on any atom is 0.351 e. The lowest BCUT2D eigenvalue weighted by molar-refractivity contribution is -0.0956. The molecule has 6 rings (SSSR count). The van der Waals surface area contributed by atoms with Gasteiger partial charge in [-0.3, -0.25) is 9.36 Å². The number of hydrogen-bond acceptors (Lipinski definition) is 8. The first-order valence-electron chi connectivity index (χ1n) is 17.7. The maximum atomic E-state index is 13.6. The van der Waals surface area contributed by atoms with Crippen LogP contribution in [0.3, 0.4) is 0 Å². The Bertz CT molecular complexity index is 2000. The molecule has 5 aromatic rings. The van der Waals surface area contributed by atoms with Crippen LogP contribution in [0.4, 0.5) is 5.82 Å². The second-order valence-corrected chi connectivity index (χ2v) is 19.4. The average Bonchev–Trinajstić information content (AvgIpc) is 3.46. The normalized spacial score (nSPS) is 19.2. The second-order valence-electron chi connectivity index (χ2n) is 14.7. The minimum atomic E-state index is -2.52. The first kappa shape index (κ1) is 37.8. The number of hydrogen-bond donors (Lipinski definition) is 2. The zero-order chi connectivity index (χ0) is 37.8. The molecule has 0 aliphatic carbocycles. The van der Waals surface area contributed by atoms with Gasteiger partial charge in [0.1, 0.15) is 35.5 Å². The van der Waals surface area contributed by atoms with Gasteiger partial charge in [-0.25, -0.2) is 4.79 Å². The van der Waals surface area contributed by atoms with Crippen LogP contribution < -0.4 is 15.7 Å². The number of ether oxygens (including phenoxy) is 3. The third kappa shape index (κ3) is 7.90. The predicted molar refractivity (Wildman–Crippen MR) is 207 cm³/mol. The van der Waals surface area contributed by atoms with E-state index in [1.165, 1.54) is 16.8 Å². The van der Waals surface area contributed by atoms with Gasteiger partial charge in [-0.15, -0.1) is 0 Å². The smallest absolute Gasteiger partial charge is 0.351 e. The monoisotopic (exact) mass is 733 g/mol. The molecular weight excluding hydrogens is 687 g/mol. The van der Waals surface area contributed by atoms with Crippen molar-refractivity contribution in [3.63, 3.8) is 0 Å². The molecule has 4 atom stereocenters. The van der Waals surface area contributed by atoms with Gasteiger partial charge in [0.2, 0.25) is 0 Å². The van der Waals surface area contributed by atoms with Crippen molar-refractivity contribution in [1.29, 1.82) is 0 Å². The van der Waals surface area contributed by atoms with E-state index in [4.69, 9.17) is 18.6 Å². The number of aliphatic hydroxyl groups is 1. The Kier molecular flexibility index (Phi) is 11.1. The van der Waals surface area contributed by atoms with E-state index in [9.17, 15) is 14.7 Å². The van der Waals surface area contributed by atoms with E-state index in [2.05, 4.69) is 44.2 Å². The van der Waals surface area contributed by atoms with Gasteiger partial charge >= 0.3 is 5.69 Å². The zero-order valence-corrected chi connectivity index (χ0v) is 31.9. The zero-order valence-electron chi connectivity index (χ0n) is 30.9. The molecule has 2 N–H and O–H groups in total. The summed E-state index contributed by atoms with van der Waals surface area (Å²) in [4.78, 5) is 30.6. The first-order chi connectivity index (χ1) is 25.3. The van der Waals surface area contributed by atoms with Crippen molar-refractivity contribution in [3.05, 3.63) is 160 Å². The van der Waals surface area contributed by atoms with E-state index in [-0.39, 0.29) is 17.5 Å². The Labute approximate surface area is 311 Å². The van der Waals surface area contributed by atoms with Crippen LogP contribution in [-0.2, 0) is 19.5 Å². The van der Waals surface area contributed by atoms with Gasteiger partial charge in [0.25, 0.3) is 5.91 Å². The molecule has 0 radical (unpaired) electrons. The number of anilines is 1. The van der Waals surface area contributed by atoms with Gasteiger partial charge in [-0.2, -0.15) is 4.98 Å². The summed E-state index contributed by atoms with van der Waals surface area (Å²) in [5.74, 6) is 0.406. The number of amides is 1. The summed E-state index contributed by atoms with van der Waals surface area (Å²) in [5.41, 5.74) is 1.26. The van der Waals surface area contributed by atoms with Gasteiger partial charge in [0.05, 0.1) is 13.7 Å². The summed E-state index contributed by atoms with van der Waals surface area (Å²) in [6.45, 7) is 10.4. The van der Waals surface area contributed by atoms with Crippen LogP contribution >= 0.6 is 0 Å². The molecule has 1 saturated heterocycles. The fourth-order valence-electron chi connectivity index (χ4n) is 6.31. The molecule has 0 spiro atoms. The van der Waals surface area contributed by atoms with E-state index >= 15 is 0 Å².